The van der Waals surface area contributed by atoms with E-state index in [-0.39, 0.29) is 0 Å². The van der Waals surface area contributed by atoms with Crippen molar-refractivity contribution in [1.82, 2.24) is 9.80 Å². The molecule has 1 unspecified atom stereocenters. The maximum Gasteiger partial charge on any atom is 0.0487 e. The summed E-state index contributed by atoms with van der Waals surface area (Å²) in [6.45, 7) is 4.69. The first-order valence-electron chi connectivity index (χ1n) is 7.91. The summed E-state index contributed by atoms with van der Waals surface area (Å²) in [5, 5.41) is 0. The van der Waals surface area contributed by atoms with Crippen molar-refractivity contribution >= 4 is 0 Å². The summed E-state index contributed by atoms with van der Waals surface area (Å²) >= 11 is 0. The Balaban J connectivity index is 1.77. The first-order valence-corrected chi connectivity index (χ1v) is 7.91. The van der Waals surface area contributed by atoms with Crippen LogP contribution >= 0.6 is 0 Å². The molecule has 1 saturated carbocycles. The van der Waals surface area contributed by atoms with Gasteiger partial charge in [0, 0.05) is 24.7 Å². The monoisotopic (exact) mass is 251 g/mol. The second kappa shape index (κ2) is 5.10. The maximum absolute atomic E-state index is 6.26. The highest BCUT2D eigenvalue weighted by Crippen LogP contribution is 2.41. The van der Waals surface area contributed by atoms with Gasteiger partial charge in [0.2, 0.25) is 0 Å². The van der Waals surface area contributed by atoms with Crippen LogP contribution in [0.2, 0.25) is 0 Å². The maximum atomic E-state index is 6.26. The zero-order valence-electron chi connectivity index (χ0n) is 11.9. The lowest BCUT2D eigenvalue weighted by Crippen LogP contribution is -2.70. The largest absolute Gasteiger partial charge is 0.329 e. The predicted octanol–water partition coefficient (Wildman–Crippen LogP) is 1.67. The van der Waals surface area contributed by atoms with Crippen LogP contribution in [-0.4, -0.2) is 54.6 Å². The van der Waals surface area contributed by atoms with Gasteiger partial charge in [-0.1, -0.05) is 19.3 Å². The predicted molar refractivity (Wildman–Crippen MR) is 75.6 cm³/mol. The van der Waals surface area contributed by atoms with Crippen LogP contribution in [0.5, 0.6) is 0 Å². The van der Waals surface area contributed by atoms with E-state index in [0.717, 1.165) is 18.5 Å². The van der Waals surface area contributed by atoms with E-state index in [0.29, 0.717) is 5.54 Å². The van der Waals surface area contributed by atoms with Gasteiger partial charge >= 0.3 is 0 Å². The summed E-state index contributed by atoms with van der Waals surface area (Å²) in [7, 11) is 2.37. The Bertz CT molecular complexity index is 279. The first kappa shape index (κ1) is 12.9. The van der Waals surface area contributed by atoms with Crippen molar-refractivity contribution in [3.05, 3.63) is 0 Å². The molecule has 3 heteroatoms. The van der Waals surface area contributed by atoms with Crippen LogP contribution in [0.3, 0.4) is 0 Å². The Morgan fingerprint density at radius 1 is 1.11 bits per heavy atom. The van der Waals surface area contributed by atoms with Gasteiger partial charge in [-0.05, 0) is 51.7 Å². The van der Waals surface area contributed by atoms with Crippen molar-refractivity contribution in [1.29, 1.82) is 0 Å². The van der Waals surface area contributed by atoms with Crippen molar-refractivity contribution in [2.75, 3.05) is 33.2 Å². The average Bonchev–Trinajstić information content (AvgIpc) is 2.48. The molecule has 0 aromatic heterocycles. The standard InChI is InChI=1S/C15H29N3/c1-17(14-5-3-2-4-6-14)15(11-16)12-18-9-7-13(15)8-10-18/h13-14H,2-12,16H2,1H3. The van der Waals surface area contributed by atoms with Crippen LogP contribution in [0, 0.1) is 5.92 Å². The third-order valence-corrected chi connectivity index (χ3v) is 6.02. The van der Waals surface area contributed by atoms with Gasteiger partial charge in [0.15, 0.2) is 0 Å². The second-order valence-electron chi connectivity index (χ2n) is 6.76. The number of hydrogen-bond donors (Lipinski definition) is 1. The molecule has 3 nitrogen and oxygen atoms in total. The average molecular weight is 251 g/mol. The van der Waals surface area contributed by atoms with E-state index in [1.165, 1.54) is 64.6 Å². The summed E-state index contributed by atoms with van der Waals surface area (Å²) < 4.78 is 0. The molecule has 0 amide bonds. The molecule has 18 heavy (non-hydrogen) atoms. The quantitative estimate of drug-likeness (QED) is 0.828. The summed E-state index contributed by atoms with van der Waals surface area (Å²) in [4.78, 5) is 5.36. The van der Waals surface area contributed by atoms with E-state index < -0.39 is 0 Å². The van der Waals surface area contributed by atoms with Crippen LogP contribution in [0.15, 0.2) is 0 Å². The zero-order valence-corrected chi connectivity index (χ0v) is 11.9. The number of piperidine rings is 3. The van der Waals surface area contributed by atoms with Crippen LogP contribution in [0.25, 0.3) is 0 Å². The third kappa shape index (κ3) is 2.00. The first-order chi connectivity index (χ1) is 8.76. The van der Waals surface area contributed by atoms with E-state index in [1.54, 1.807) is 0 Å². The molecule has 0 radical (unpaired) electrons. The van der Waals surface area contributed by atoms with Crippen molar-refractivity contribution in [2.24, 2.45) is 11.7 Å². The van der Waals surface area contributed by atoms with Crippen LogP contribution in [-0.2, 0) is 0 Å². The smallest absolute Gasteiger partial charge is 0.0487 e. The number of nitrogens with two attached hydrogens (primary N) is 1. The number of nitrogens with zero attached hydrogens (tertiary/aromatic N) is 2. The summed E-state index contributed by atoms with van der Waals surface area (Å²) in [5.74, 6) is 0.847. The van der Waals surface area contributed by atoms with E-state index in [4.69, 9.17) is 5.73 Å². The van der Waals surface area contributed by atoms with Crippen molar-refractivity contribution in [2.45, 2.75) is 56.5 Å². The summed E-state index contributed by atoms with van der Waals surface area (Å²) in [6.07, 6.45) is 9.81. The van der Waals surface area contributed by atoms with Gasteiger partial charge in [-0.25, -0.2) is 0 Å². The van der Waals surface area contributed by atoms with Crippen LogP contribution in [0.1, 0.15) is 44.9 Å². The number of fused-ring (bicyclic) bond motifs is 3. The van der Waals surface area contributed by atoms with Crippen LogP contribution in [0.4, 0.5) is 0 Å². The molecule has 104 valence electrons. The van der Waals surface area contributed by atoms with Gasteiger partial charge in [-0.15, -0.1) is 0 Å². The van der Waals surface area contributed by atoms with E-state index in [9.17, 15) is 0 Å². The van der Waals surface area contributed by atoms with Crippen molar-refractivity contribution in [3.8, 4) is 0 Å². The molecule has 1 aliphatic carbocycles. The molecule has 4 aliphatic rings. The molecule has 2 N–H and O–H groups in total. The minimum absolute atomic E-state index is 0.290. The zero-order chi connectivity index (χ0) is 12.6. The van der Waals surface area contributed by atoms with Crippen molar-refractivity contribution < 1.29 is 0 Å². The number of hydrogen-bond acceptors (Lipinski definition) is 3. The van der Waals surface area contributed by atoms with Gasteiger partial charge in [-0.2, -0.15) is 0 Å². The molecular weight excluding hydrogens is 222 g/mol. The highest BCUT2D eigenvalue weighted by Gasteiger charge is 2.49. The Labute approximate surface area is 112 Å². The fraction of sp³-hybridized carbons (Fsp3) is 1.00. The van der Waals surface area contributed by atoms with Gasteiger partial charge in [0.05, 0.1) is 0 Å². The Morgan fingerprint density at radius 3 is 2.28 bits per heavy atom. The molecule has 3 aliphatic heterocycles. The minimum atomic E-state index is 0.290. The van der Waals surface area contributed by atoms with Gasteiger partial charge in [0.1, 0.15) is 0 Å². The lowest BCUT2D eigenvalue weighted by molar-refractivity contribution is -0.0780. The minimum Gasteiger partial charge on any atom is -0.329 e. The molecule has 3 saturated heterocycles. The Hall–Kier alpha value is -0.120. The highest BCUT2D eigenvalue weighted by molar-refractivity contribution is 5.06. The highest BCUT2D eigenvalue weighted by atomic mass is 15.3. The van der Waals surface area contributed by atoms with Gasteiger partial charge in [-0.3, -0.25) is 4.90 Å². The van der Waals surface area contributed by atoms with Gasteiger partial charge < -0.3 is 10.6 Å². The van der Waals surface area contributed by atoms with E-state index in [2.05, 4.69) is 16.8 Å². The lowest BCUT2D eigenvalue weighted by atomic mass is 9.70. The van der Waals surface area contributed by atoms with E-state index in [1.807, 2.05) is 0 Å². The third-order valence-electron chi connectivity index (χ3n) is 6.02. The summed E-state index contributed by atoms with van der Waals surface area (Å²) in [5.41, 5.74) is 6.55. The molecule has 0 aromatic carbocycles. The Morgan fingerprint density at radius 2 is 1.78 bits per heavy atom. The molecule has 1 atom stereocenters. The summed E-state index contributed by atoms with van der Waals surface area (Å²) in [6, 6.07) is 0.794. The number of likely N-dealkylation sites (N-methyl/N-ethyl adjacent to an activating group) is 1. The molecular formula is C15H29N3. The molecule has 4 rings (SSSR count). The molecule has 2 bridgehead atoms. The van der Waals surface area contributed by atoms with Crippen molar-refractivity contribution in [3.63, 3.8) is 0 Å². The van der Waals surface area contributed by atoms with Gasteiger partial charge in [0.25, 0.3) is 0 Å². The normalized spacial score (nSPS) is 41.5. The SMILES string of the molecule is CN(C1CCCCC1)C1(CN)CN2CCC1CC2. The number of rotatable bonds is 3. The molecule has 0 aromatic rings. The lowest BCUT2D eigenvalue weighted by Gasteiger charge is -2.59. The molecule has 4 fully saturated rings. The fourth-order valence-electron chi connectivity index (χ4n) is 4.75. The second-order valence-corrected chi connectivity index (χ2v) is 6.76. The Kier molecular flexibility index (Phi) is 3.65. The molecule has 3 heterocycles. The van der Waals surface area contributed by atoms with Crippen LogP contribution < -0.4 is 5.73 Å². The van der Waals surface area contributed by atoms with E-state index >= 15 is 0 Å². The topological polar surface area (TPSA) is 32.5 Å². The molecule has 0 spiro atoms. The fourth-order valence-corrected chi connectivity index (χ4v) is 4.75.